The molecule has 0 aliphatic heterocycles. The molecule has 0 radical (unpaired) electrons. The summed E-state index contributed by atoms with van der Waals surface area (Å²) in [6.45, 7) is 4.96. The number of carbonyl (C=O) groups is 4. The lowest BCUT2D eigenvalue weighted by Crippen LogP contribution is -2.30. The zero-order chi connectivity index (χ0) is 68.2. The number of phosphoric ester groups is 2. The molecule has 0 fully saturated rings. The van der Waals surface area contributed by atoms with Crippen LogP contribution in [-0.4, -0.2) is 96.7 Å². The summed E-state index contributed by atoms with van der Waals surface area (Å²) >= 11 is 0. The molecule has 0 saturated heterocycles. The highest BCUT2D eigenvalue weighted by Crippen LogP contribution is 2.45. The fraction of sp³-hybridized carbons (Fsp3) is 0.946. The lowest BCUT2D eigenvalue weighted by atomic mass is 10.0. The molecule has 93 heavy (non-hydrogen) atoms. The molecule has 0 aromatic carbocycles. The van der Waals surface area contributed by atoms with E-state index in [9.17, 15) is 43.2 Å². The second-order valence-corrected chi connectivity index (χ2v) is 29.6. The van der Waals surface area contributed by atoms with Crippen molar-refractivity contribution in [2.45, 2.75) is 412 Å². The Bertz CT molecular complexity index is 1770. The van der Waals surface area contributed by atoms with Crippen LogP contribution < -0.4 is 0 Å². The monoisotopic (exact) mass is 1370 g/mol. The molecule has 0 aliphatic carbocycles. The quantitative estimate of drug-likeness (QED) is 0.0222. The summed E-state index contributed by atoms with van der Waals surface area (Å²) in [6, 6.07) is 0. The zero-order valence-electron chi connectivity index (χ0n) is 60.2. The average molecular weight is 1370 g/mol. The summed E-state index contributed by atoms with van der Waals surface area (Å²) < 4.78 is 68.4. The van der Waals surface area contributed by atoms with E-state index >= 15 is 0 Å². The average Bonchev–Trinajstić information content (AvgIpc) is 3.53. The predicted octanol–water partition coefficient (Wildman–Crippen LogP) is 21.8. The number of hydrogen-bond donors (Lipinski definition) is 3. The summed E-state index contributed by atoms with van der Waals surface area (Å²) in [6.07, 6.45) is 58.2. The third-order valence-electron chi connectivity index (χ3n) is 17.4. The van der Waals surface area contributed by atoms with Crippen LogP contribution in [0.3, 0.4) is 0 Å². The van der Waals surface area contributed by atoms with E-state index in [0.717, 1.165) is 89.9 Å². The number of aliphatic hydroxyl groups excluding tert-OH is 1. The molecule has 0 rings (SSSR count). The summed E-state index contributed by atoms with van der Waals surface area (Å²) in [5.41, 5.74) is 0. The number of ether oxygens (including phenoxy) is 4. The molecule has 0 spiro atoms. The standard InChI is InChI=1S/C74H144O17P2/c1-5-9-13-17-21-25-29-31-33-35-37-39-41-45-49-53-57-61-74(79)91-70(65-85-72(77)59-55-51-47-44-40-38-36-34-32-30-26-22-18-14-10-6-2)67-89-93(82,83)87-63-68(75)62-86-92(80,81)88-66-69(90-73(78)60-56-52-48-43-28-24-20-16-12-8-4)64-84-71(76)58-54-50-46-42-27-23-19-15-11-7-3/h68-70,75H,5-67H2,1-4H3,(H,80,81)(H,82,83)/t68-,69+,70+/m0/s1. The normalized spacial score (nSPS) is 13.9. The van der Waals surface area contributed by atoms with E-state index < -0.39 is 97.5 Å². The molecule has 0 aromatic rings. The van der Waals surface area contributed by atoms with Gasteiger partial charge in [0.2, 0.25) is 0 Å². The highest BCUT2D eigenvalue weighted by Gasteiger charge is 2.30. The Balaban J connectivity index is 5.21. The van der Waals surface area contributed by atoms with Crippen LogP contribution in [0, 0.1) is 0 Å². The van der Waals surface area contributed by atoms with Crippen molar-refractivity contribution in [3.05, 3.63) is 0 Å². The molecule has 0 amide bonds. The highest BCUT2D eigenvalue weighted by molar-refractivity contribution is 7.47. The van der Waals surface area contributed by atoms with Crippen LogP contribution in [0.2, 0.25) is 0 Å². The van der Waals surface area contributed by atoms with Crippen LogP contribution in [0.25, 0.3) is 0 Å². The van der Waals surface area contributed by atoms with Gasteiger partial charge in [0.05, 0.1) is 26.4 Å². The maximum Gasteiger partial charge on any atom is 0.472 e. The van der Waals surface area contributed by atoms with Crippen molar-refractivity contribution < 1.29 is 80.2 Å². The van der Waals surface area contributed by atoms with Crippen molar-refractivity contribution in [2.24, 2.45) is 0 Å². The summed E-state index contributed by atoms with van der Waals surface area (Å²) in [7, 11) is -9.90. The van der Waals surface area contributed by atoms with Crippen molar-refractivity contribution in [3.63, 3.8) is 0 Å². The molecule has 5 atom stereocenters. The van der Waals surface area contributed by atoms with E-state index in [-0.39, 0.29) is 25.7 Å². The van der Waals surface area contributed by atoms with Gasteiger partial charge in [-0.15, -0.1) is 0 Å². The van der Waals surface area contributed by atoms with Gasteiger partial charge in [0.25, 0.3) is 0 Å². The minimum Gasteiger partial charge on any atom is -0.462 e. The second-order valence-electron chi connectivity index (χ2n) is 26.7. The van der Waals surface area contributed by atoms with Crippen LogP contribution in [0.5, 0.6) is 0 Å². The Morgan fingerprint density at radius 1 is 0.258 bits per heavy atom. The molecule has 3 N–H and O–H groups in total. The zero-order valence-corrected chi connectivity index (χ0v) is 62.0. The fourth-order valence-corrected chi connectivity index (χ4v) is 13.0. The van der Waals surface area contributed by atoms with Crippen molar-refractivity contribution in [1.29, 1.82) is 0 Å². The number of hydrogen-bond acceptors (Lipinski definition) is 15. The third-order valence-corrected chi connectivity index (χ3v) is 19.3. The fourth-order valence-electron chi connectivity index (χ4n) is 11.4. The first-order valence-corrected chi connectivity index (χ1v) is 41.8. The van der Waals surface area contributed by atoms with E-state index in [2.05, 4.69) is 27.7 Å². The van der Waals surface area contributed by atoms with Gasteiger partial charge in [0, 0.05) is 25.7 Å². The molecular formula is C74H144O17P2. The van der Waals surface area contributed by atoms with E-state index in [1.807, 2.05) is 0 Å². The van der Waals surface area contributed by atoms with E-state index in [1.54, 1.807) is 0 Å². The number of rotatable bonds is 75. The number of carbonyl (C=O) groups excluding carboxylic acids is 4. The molecule has 19 heteroatoms. The van der Waals surface area contributed by atoms with E-state index in [1.165, 1.54) is 225 Å². The maximum absolute atomic E-state index is 13.1. The first-order valence-electron chi connectivity index (χ1n) is 38.8. The van der Waals surface area contributed by atoms with Gasteiger partial charge < -0.3 is 33.8 Å². The van der Waals surface area contributed by atoms with Gasteiger partial charge in [-0.1, -0.05) is 342 Å². The van der Waals surface area contributed by atoms with Crippen molar-refractivity contribution in [1.82, 2.24) is 0 Å². The molecule has 0 saturated carbocycles. The largest absolute Gasteiger partial charge is 0.472 e. The van der Waals surface area contributed by atoms with Gasteiger partial charge in [-0.2, -0.15) is 0 Å². The minimum absolute atomic E-state index is 0.107. The van der Waals surface area contributed by atoms with Gasteiger partial charge in [-0.05, 0) is 25.7 Å². The van der Waals surface area contributed by atoms with Crippen molar-refractivity contribution >= 4 is 39.5 Å². The second kappa shape index (κ2) is 68.6. The Kier molecular flexibility index (Phi) is 67.1. The van der Waals surface area contributed by atoms with E-state index in [4.69, 9.17) is 37.0 Å². The van der Waals surface area contributed by atoms with Crippen molar-refractivity contribution in [3.8, 4) is 0 Å². The third kappa shape index (κ3) is 68.4. The number of esters is 4. The smallest absolute Gasteiger partial charge is 0.462 e. The van der Waals surface area contributed by atoms with Crippen LogP contribution in [0.4, 0.5) is 0 Å². The Labute approximate surface area is 568 Å². The Hall–Kier alpha value is -1.94. The highest BCUT2D eigenvalue weighted by atomic mass is 31.2. The molecule has 0 aromatic heterocycles. The molecule has 0 aliphatic rings. The summed E-state index contributed by atoms with van der Waals surface area (Å²) in [4.78, 5) is 72.7. The Morgan fingerprint density at radius 2 is 0.430 bits per heavy atom. The predicted molar refractivity (Wildman–Crippen MR) is 377 cm³/mol. The van der Waals surface area contributed by atoms with Crippen LogP contribution in [0.15, 0.2) is 0 Å². The number of unbranched alkanes of at least 4 members (excludes halogenated alkanes) is 49. The maximum atomic E-state index is 13.1. The van der Waals surface area contributed by atoms with Crippen molar-refractivity contribution in [2.75, 3.05) is 39.6 Å². The number of phosphoric acid groups is 2. The first-order chi connectivity index (χ1) is 45.2. The molecule has 0 heterocycles. The summed E-state index contributed by atoms with van der Waals surface area (Å²) in [5, 5.41) is 10.6. The summed E-state index contributed by atoms with van der Waals surface area (Å²) in [5.74, 6) is -2.11. The van der Waals surface area contributed by atoms with Gasteiger partial charge in [-0.3, -0.25) is 37.3 Å². The molecular weight excluding hydrogens is 1220 g/mol. The SMILES string of the molecule is CCCCCCCCCCCCCCCCCCCC(=O)O[C@H](COC(=O)CCCCCCCCCCCCCCCCCC)COP(=O)(O)OC[C@@H](O)COP(=O)(O)OC[C@@H](COC(=O)CCCCCCCCCCCC)OC(=O)CCCCCCCCCCCC. The first kappa shape index (κ1) is 91.1. The topological polar surface area (TPSA) is 237 Å². The van der Waals surface area contributed by atoms with E-state index in [0.29, 0.717) is 25.7 Å². The molecule has 2 unspecified atom stereocenters. The Morgan fingerprint density at radius 3 is 0.634 bits per heavy atom. The molecule has 0 bridgehead atoms. The number of aliphatic hydroxyl groups is 1. The van der Waals surface area contributed by atoms with Crippen LogP contribution in [0.1, 0.15) is 394 Å². The molecule has 17 nitrogen and oxygen atoms in total. The van der Waals surface area contributed by atoms with Gasteiger partial charge in [-0.25, -0.2) is 9.13 Å². The van der Waals surface area contributed by atoms with Crippen LogP contribution in [-0.2, 0) is 65.4 Å². The minimum atomic E-state index is -4.95. The van der Waals surface area contributed by atoms with Gasteiger partial charge in [0.15, 0.2) is 12.2 Å². The van der Waals surface area contributed by atoms with Gasteiger partial charge in [0.1, 0.15) is 19.3 Å². The lowest BCUT2D eigenvalue weighted by Gasteiger charge is -2.21. The van der Waals surface area contributed by atoms with Gasteiger partial charge >= 0.3 is 39.5 Å². The van der Waals surface area contributed by atoms with Crippen LogP contribution >= 0.6 is 15.6 Å². The molecule has 552 valence electrons. The lowest BCUT2D eigenvalue weighted by molar-refractivity contribution is -0.161.